The Balaban J connectivity index is 2.26. The molecule has 6 heteroatoms. The van der Waals surface area contributed by atoms with Gasteiger partial charge in [-0.05, 0) is 0 Å². The number of amides is 1. The molecule has 0 unspecified atom stereocenters. The molecule has 0 saturated heterocycles. The molecule has 0 atom stereocenters. The van der Waals surface area contributed by atoms with E-state index in [9.17, 15) is 4.79 Å². The van der Waals surface area contributed by atoms with E-state index in [1.54, 1.807) is 0 Å². The fraction of sp³-hybridized carbons (Fsp3) is 0.286. The molecule has 1 aromatic rings. The average Bonchev–Trinajstić information content (AvgIpc) is 2.72. The molecule has 0 aliphatic carbocycles. The van der Waals surface area contributed by atoms with Crippen LogP contribution in [-0.2, 0) is 4.79 Å². The van der Waals surface area contributed by atoms with Gasteiger partial charge in [0.2, 0.25) is 0 Å². The van der Waals surface area contributed by atoms with E-state index in [0.29, 0.717) is 5.71 Å². The first-order valence-corrected chi connectivity index (χ1v) is 3.80. The van der Waals surface area contributed by atoms with E-state index in [4.69, 9.17) is 10.2 Å². The number of nitrogens with two attached hydrogens (primary N) is 1. The molecule has 0 bridgehead atoms. The van der Waals surface area contributed by atoms with E-state index >= 15 is 0 Å². The van der Waals surface area contributed by atoms with Crippen LogP contribution < -0.4 is 10.7 Å². The first-order chi connectivity index (χ1) is 6.31. The Bertz CT molecular complexity index is 343. The van der Waals surface area contributed by atoms with Crippen LogP contribution in [0.5, 0.6) is 0 Å². The van der Waals surface area contributed by atoms with Crippen LogP contribution in [0.15, 0.2) is 22.0 Å². The lowest BCUT2D eigenvalue weighted by Gasteiger charge is -2.03. The van der Waals surface area contributed by atoms with Crippen molar-refractivity contribution in [3.63, 3.8) is 0 Å². The average molecular weight is 180 g/mol. The number of anilines is 1. The Kier molecular flexibility index (Phi) is 1.82. The third kappa shape index (κ3) is 1.31. The third-order valence-corrected chi connectivity index (χ3v) is 1.67. The predicted molar refractivity (Wildman–Crippen MR) is 45.1 cm³/mol. The van der Waals surface area contributed by atoms with Crippen molar-refractivity contribution in [2.45, 2.75) is 6.42 Å². The Morgan fingerprint density at radius 3 is 3.08 bits per heavy atom. The Morgan fingerprint density at radius 2 is 2.54 bits per heavy atom. The van der Waals surface area contributed by atoms with Gasteiger partial charge in [0.1, 0.15) is 6.26 Å². The van der Waals surface area contributed by atoms with E-state index in [0.717, 1.165) is 5.01 Å². The second-order valence-corrected chi connectivity index (χ2v) is 2.57. The van der Waals surface area contributed by atoms with Crippen molar-refractivity contribution in [1.82, 2.24) is 4.98 Å². The van der Waals surface area contributed by atoms with Gasteiger partial charge in [0.05, 0.1) is 18.3 Å². The summed E-state index contributed by atoms with van der Waals surface area (Å²) >= 11 is 0. The van der Waals surface area contributed by atoms with Crippen LogP contribution in [0, 0.1) is 0 Å². The molecule has 1 amide bonds. The smallest absolute Gasteiger partial charge is 0.325 e. The lowest BCUT2D eigenvalue weighted by Crippen LogP contribution is -2.19. The minimum Gasteiger partial charge on any atom is -0.431 e. The van der Waals surface area contributed by atoms with Gasteiger partial charge in [0.25, 0.3) is 5.91 Å². The van der Waals surface area contributed by atoms with Gasteiger partial charge in [-0.3, -0.25) is 4.79 Å². The fourth-order valence-corrected chi connectivity index (χ4v) is 1.06. The summed E-state index contributed by atoms with van der Waals surface area (Å²) in [5.41, 5.74) is 5.99. The topological polar surface area (TPSA) is 84.7 Å². The lowest BCUT2D eigenvalue weighted by atomic mass is 10.3. The molecule has 1 aliphatic heterocycles. The molecular weight excluding hydrogens is 172 g/mol. The SMILES string of the molecule is NCC1=NN(c2ncco2)C(=O)C1. The van der Waals surface area contributed by atoms with Crippen molar-refractivity contribution >= 4 is 17.6 Å². The van der Waals surface area contributed by atoms with E-state index < -0.39 is 0 Å². The van der Waals surface area contributed by atoms with Crippen LogP contribution in [-0.4, -0.2) is 23.1 Å². The highest BCUT2D eigenvalue weighted by Gasteiger charge is 2.26. The van der Waals surface area contributed by atoms with Crippen LogP contribution in [0.1, 0.15) is 6.42 Å². The standard InChI is InChI=1S/C7H8N4O2/c8-4-5-3-6(12)11(10-5)7-9-1-2-13-7/h1-2H,3-4,8H2. The van der Waals surface area contributed by atoms with Crippen molar-refractivity contribution in [2.75, 3.05) is 11.6 Å². The van der Waals surface area contributed by atoms with E-state index in [-0.39, 0.29) is 24.9 Å². The number of oxazole rings is 1. The van der Waals surface area contributed by atoms with Crippen LogP contribution in [0.3, 0.4) is 0 Å². The zero-order valence-corrected chi connectivity index (χ0v) is 6.80. The monoisotopic (exact) mass is 180 g/mol. The van der Waals surface area contributed by atoms with Crippen molar-refractivity contribution in [3.8, 4) is 0 Å². The van der Waals surface area contributed by atoms with Crippen molar-refractivity contribution in [1.29, 1.82) is 0 Å². The summed E-state index contributed by atoms with van der Waals surface area (Å²) in [5, 5.41) is 5.08. The van der Waals surface area contributed by atoms with Gasteiger partial charge in [0, 0.05) is 6.54 Å². The first kappa shape index (κ1) is 7.93. The Labute approximate surface area is 74.0 Å². The summed E-state index contributed by atoms with van der Waals surface area (Å²) in [6.07, 6.45) is 3.09. The quantitative estimate of drug-likeness (QED) is 0.678. The lowest BCUT2D eigenvalue weighted by molar-refractivity contribution is -0.117. The molecular formula is C7H8N4O2. The second kappa shape index (κ2) is 2.98. The largest absolute Gasteiger partial charge is 0.431 e. The van der Waals surface area contributed by atoms with Gasteiger partial charge in [-0.25, -0.2) is 4.98 Å². The van der Waals surface area contributed by atoms with E-state index in [1.807, 2.05) is 0 Å². The summed E-state index contributed by atoms with van der Waals surface area (Å²) in [6.45, 7) is 0.281. The Morgan fingerprint density at radius 1 is 1.69 bits per heavy atom. The van der Waals surface area contributed by atoms with Crippen molar-refractivity contribution in [3.05, 3.63) is 12.5 Å². The van der Waals surface area contributed by atoms with Crippen molar-refractivity contribution in [2.24, 2.45) is 10.8 Å². The van der Waals surface area contributed by atoms with Gasteiger partial charge in [-0.2, -0.15) is 5.10 Å². The number of hydrazone groups is 1. The zero-order chi connectivity index (χ0) is 9.26. The van der Waals surface area contributed by atoms with Gasteiger partial charge in [0.15, 0.2) is 0 Å². The molecule has 0 aromatic carbocycles. The van der Waals surface area contributed by atoms with Crippen LogP contribution in [0.4, 0.5) is 6.01 Å². The number of carbonyl (C=O) groups excluding carboxylic acids is 1. The van der Waals surface area contributed by atoms with Crippen LogP contribution >= 0.6 is 0 Å². The molecule has 2 rings (SSSR count). The molecule has 0 spiro atoms. The maximum Gasteiger partial charge on any atom is 0.325 e. The van der Waals surface area contributed by atoms with Gasteiger partial charge in [-0.1, -0.05) is 0 Å². The minimum absolute atomic E-state index is 0.164. The second-order valence-electron chi connectivity index (χ2n) is 2.57. The highest BCUT2D eigenvalue weighted by Crippen LogP contribution is 2.17. The van der Waals surface area contributed by atoms with E-state index in [2.05, 4.69) is 10.1 Å². The highest BCUT2D eigenvalue weighted by atomic mass is 16.4. The van der Waals surface area contributed by atoms with E-state index in [1.165, 1.54) is 12.5 Å². The van der Waals surface area contributed by atoms with Gasteiger partial charge < -0.3 is 10.2 Å². The summed E-state index contributed by atoms with van der Waals surface area (Å²) in [4.78, 5) is 15.1. The maximum absolute atomic E-state index is 11.3. The highest BCUT2D eigenvalue weighted by molar-refractivity contribution is 6.12. The van der Waals surface area contributed by atoms with Gasteiger partial charge >= 0.3 is 6.01 Å². The summed E-state index contributed by atoms with van der Waals surface area (Å²) < 4.78 is 4.93. The fourth-order valence-electron chi connectivity index (χ4n) is 1.06. The summed E-state index contributed by atoms with van der Waals surface area (Å²) in [5.74, 6) is -0.164. The number of rotatable bonds is 2. The number of hydrogen-bond acceptors (Lipinski definition) is 5. The minimum atomic E-state index is -0.164. The maximum atomic E-state index is 11.3. The third-order valence-electron chi connectivity index (χ3n) is 1.67. The number of carbonyl (C=O) groups is 1. The number of nitrogens with zero attached hydrogens (tertiary/aromatic N) is 3. The summed E-state index contributed by atoms with van der Waals surface area (Å²) in [7, 11) is 0. The molecule has 13 heavy (non-hydrogen) atoms. The molecule has 68 valence electrons. The molecule has 6 nitrogen and oxygen atoms in total. The van der Waals surface area contributed by atoms with Gasteiger partial charge in [-0.15, -0.1) is 5.01 Å². The molecule has 0 saturated carbocycles. The molecule has 2 heterocycles. The van der Waals surface area contributed by atoms with Crippen molar-refractivity contribution < 1.29 is 9.21 Å². The predicted octanol–water partition coefficient (Wildman–Crippen LogP) is -0.274. The van der Waals surface area contributed by atoms with Crippen LogP contribution in [0.25, 0.3) is 0 Å². The molecule has 0 radical (unpaired) electrons. The molecule has 1 aromatic heterocycles. The first-order valence-electron chi connectivity index (χ1n) is 3.80. The number of aromatic nitrogens is 1. The normalized spacial score (nSPS) is 16.5. The summed E-state index contributed by atoms with van der Waals surface area (Å²) in [6, 6.07) is 0.188. The molecule has 2 N–H and O–H groups in total. The molecule has 0 fully saturated rings. The Hall–Kier alpha value is -1.69. The van der Waals surface area contributed by atoms with Crippen LogP contribution in [0.2, 0.25) is 0 Å². The number of hydrogen-bond donors (Lipinski definition) is 1. The molecule has 1 aliphatic rings. The zero-order valence-electron chi connectivity index (χ0n) is 6.80.